The van der Waals surface area contributed by atoms with Gasteiger partial charge < -0.3 is 10.1 Å². The Bertz CT molecular complexity index is 233. The van der Waals surface area contributed by atoms with Gasteiger partial charge in [-0.3, -0.25) is 0 Å². The second-order valence-electron chi connectivity index (χ2n) is 4.17. The lowest BCUT2D eigenvalue weighted by molar-refractivity contribution is 0.143. The predicted octanol–water partition coefficient (Wildman–Crippen LogP) is 2.23. The van der Waals surface area contributed by atoms with Crippen molar-refractivity contribution in [3.05, 3.63) is 12.7 Å². The van der Waals surface area contributed by atoms with Crippen LogP contribution in [-0.4, -0.2) is 18.2 Å². The maximum absolute atomic E-state index is 11.1. The Morgan fingerprint density at radius 2 is 2.07 bits per heavy atom. The minimum atomic E-state index is -0.287. The summed E-state index contributed by atoms with van der Waals surface area (Å²) in [6, 6.07) is 0.167. The summed E-state index contributed by atoms with van der Waals surface area (Å²) in [6.45, 7) is 3.70. The summed E-state index contributed by atoms with van der Waals surface area (Å²) in [5.41, 5.74) is 0. The van der Waals surface area contributed by atoms with Gasteiger partial charge in [0, 0.05) is 0 Å². The van der Waals surface area contributed by atoms with Crippen molar-refractivity contribution in [1.82, 2.24) is 5.32 Å². The van der Waals surface area contributed by atoms with Crippen molar-refractivity contribution in [3.63, 3.8) is 0 Å². The van der Waals surface area contributed by atoms with Crippen molar-refractivity contribution < 1.29 is 9.53 Å². The van der Waals surface area contributed by atoms with Crippen LogP contribution in [0.15, 0.2) is 12.7 Å². The molecule has 2 fully saturated rings. The Labute approximate surface area is 84.5 Å². The SMILES string of the molecule is C=C[C@H]1OC(=O)N[C@@H]1C1CCCCC1. The van der Waals surface area contributed by atoms with Crippen LogP contribution in [-0.2, 0) is 4.74 Å². The third-order valence-corrected chi connectivity index (χ3v) is 3.27. The van der Waals surface area contributed by atoms with Crippen molar-refractivity contribution in [2.45, 2.75) is 44.2 Å². The Kier molecular flexibility index (Phi) is 2.75. The first-order valence-corrected chi connectivity index (χ1v) is 5.41. The molecular formula is C11H17NO2. The smallest absolute Gasteiger partial charge is 0.408 e. The van der Waals surface area contributed by atoms with Gasteiger partial charge >= 0.3 is 6.09 Å². The molecule has 1 heterocycles. The van der Waals surface area contributed by atoms with Crippen LogP contribution in [0.25, 0.3) is 0 Å². The summed E-state index contributed by atoms with van der Waals surface area (Å²) in [7, 11) is 0. The summed E-state index contributed by atoms with van der Waals surface area (Å²) >= 11 is 0. The molecule has 2 aliphatic rings. The van der Waals surface area contributed by atoms with Gasteiger partial charge in [-0.2, -0.15) is 0 Å². The second-order valence-corrected chi connectivity index (χ2v) is 4.17. The van der Waals surface area contributed by atoms with E-state index in [-0.39, 0.29) is 18.2 Å². The summed E-state index contributed by atoms with van der Waals surface area (Å²) < 4.78 is 5.11. The number of alkyl carbamates (subject to hydrolysis) is 1. The molecule has 2 rings (SSSR count). The van der Waals surface area contributed by atoms with Gasteiger partial charge in [0.05, 0.1) is 6.04 Å². The van der Waals surface area contributed by atoms with Gasteiger partial charge in [0.2, 0.25) is 0 Å². The van der Waals surface area contributed by atoms with Crippen LogP contribution in [0.4, 0.5) is 4.79 Å². The van der Waals surface area contributed by atoms with Crippen molar-refractivity contribution in [2.75, 3.05) is 0 Å². The Hall–Kier alpha value is -0.990. The van der Waals surface area contributed by atoms with Gasteiger partial charge in [-0.05, 0) is 24.8 Å². The molecular weight excluding hydrogens is 178 g/mol. The molecule has 1 N–H and O–H groups in total. The molecule has 0 aromatic rings. The van der Waals surface area contributed by atoms with E-state index in [0.717, 1.165) is 0 Å². The highest BCUT2D eigenvalue weighted by Gasteiger charge is 2.37. The van der Waals surface area contributed by atoms with E-state index in [1.54, 1.807) is 6.08 Å². The highest BCUT2D eigenvalue weighted by molar-refractivity contribution is 5.70. The average molecular weight is 195 g/mol. The van der Waals surface area contributed by atoms with Crippen molar-refractivity contribution in [2.24, 2.45) is 5.92 Å². The molecule has 0 bridgehead atoms. The molecule has 0 spiro atoms. The van der Waals surface area contributed by atoms with Gasteiger partial charge in [-0.15, -0.1) is 0 Å². The van der Waals surface area contributed by atoms with E-state index in [4.69, 9.17) is 4.74 Å². The molecule has 1 amide bonds. The first-order valence-electron chi connectivity index (χ1n) is 5.41. The molecule has 0 unspecified atom stereocenters. The van der Waals surface area contributed by atoms with Gasteiger partial charge in [-0.1, -0.05) is 25.8 Å². The number of rotatable bonds is 2. The molecule has 3 nitrogen and oxygen atoms in total. The molecule has 0 aromatic heterocycles. The van der Waals surface area contributed by atoms with E-state index in [9.17, 15) is 4.79 Å². The van der Waals surface area contributed by atoms with E-state index in [1.807, 2.05) is 0 Å². The van der Waals surface area contributed by atoms with Crippen LogP contribution >= 0.6 is 0 Å². The van der Waals surface area contributed by atoms with Crippen LogP contribution in [0.1, 0.15) is 32.1 Å². The number of nitrogens with one attached hydrogen (secondary N) is 1. The number of hydrogen-bond donors (Lipinski definition) is 1. The molecule has 3 heteroatoms. The van der Waals surface area contributed by atoms with Gasteiger partial charge in [0.1, 0.15) is 6.10 Å². The minimum absolute atomic E-state index is 0.120. The molecule has 1 aliphatic heterocycles. The fourth-order valence-corrected chi connectivity index (χ4v) is 2.52. The fourth-order valence-electron chi connectivity index (χ4n) is 2.52. The minimum Gasteiger partial charge on any atom is -0.440 e. The lowest BCUT2D eigenvalue weighted by Gasteiger charge is -2.28. The molecule has 1 saturated carbocycles. The quantitative estimate of drug-likeness (QED) is 0.686. The number of carbonyl (C=O) groups excluding carboxylic acids is 1. The number of hydrogen-bond acceptors (Lipinski definition) is 2. The Morgan fingerprint density at radius 1 is 1.36 bits per heavy atom. The topological polar surface area (TPSA) is 38.3 Å². The normalized spacial score (nSPS) is 33.6. The zero-order valence-electron chi connectivity index (χ0n) is 8.37. The van der Waals surface area contributed by atoms with Crippen molar-refractivity contribution in [1.29, 1.82) is 0 Å². The van der Waals surface area contributed by atoms with Gasteiger partial charge in [-0.25, -0.2) is 4.79 Å². The zero-order chi connectivity index (χ0) is 9.97. The maximum Gasteiger partial charge on any atom is 0.408 e. The molecule has 2 atom stereocenters. The first-order chi connectivity index (χ1) is 6.81. The van der Waals surface area contributed by atoms with Gasteiger partial charge in [0.25, 0.3) is 0 Å². The molecule has 1 aliphatic carbocycles. The van der Waals surface area contributed by atoms with E-state index in [1.165, 1.54) is 32.1 Å². The van der Waals surface area contributed by atoms with E-state index >= 15 is 0 Å². The number of cyclic esters (lactones) is 1. The summed E-state index contributed by atoms with van der Waals surface area (Å²) in [6.07, 6.45) is 7.63. The predicted molar refractivity (Wildman–Crippen MR) is 54.0 cm³/mol. The standard InChI is InChI=1S/C11H17NO2/c1-2-9-10(12-11(13)14-9)8-6-4-3-5-7-8/h2,8-10H,1,3-7H2,(H,12,13)/t9-,10-/m1/s1. The molecule has 14 heavy (non-hydrogen) atoms. The Morgan fingerprint density at radius 3 is 2.71 bits per heavy atom. The van der Waals surface area contributed by atoms with Crippen molar-refractivity contribution in [3.8, 4) is 0 Å². The maximum atomic E-state index is 11.1. The second kappa shape index (κ2) is 4.03. The van der Waals surface area contributed by atoms with E-state index in [0.29, 0.717) is 5.92 Å². The molecule has 78 valence electrons. The van der Waals surface area contributed by atoms with E-state index < -0.39 is 0 Å². The third-order valence-electron chi connectivity index (χ3n) is 3.27. The largest absolute Gasteiger partial charge is 0.440 e. The first kappa shape index (κ1) is 9.56. The number of ether oxygens (including phenoxy) is 1. The Balaban J connectivity index is 2.00. The molecule has 0 radical (unpaired) electrons. The molecule has 1 saturated heterocycles. The number of amides is 1. The lowest BCUT2D eigenvalue weighted by Crippen LogP contribution is -2.39. The van der Waals surface area contributed by atoms with Crippen LogP contribution in [0.2, 0.25) is 0 Å². The number of carbonyl (C=O) groups is 1. The fraction of sp³-hybridized carbons (Fsp3) is 0.727. The highest BCUT2D eigenvalue weighted by atomic mass is 16.6. The summed E-state index contributed by atoms with van der Waals surface area (Å²) in [5, 5.41) is 2.89. The lowest BCUT2D eigenvalue weighted by atomic mass is 9.82. The highest BCUT2D eigenvalue weighted by Crippen LogP contribution is 2.30. The monoisotopic (exact) mass is 195 g/mol. The van der Waals surface area contributed by atoms with Crippen molar-refractivity contribution >= 4 is 6.09 Å². The van der Waals surface area contributed by atoms with Crippen LogP contribution in [0.3, 0.4) is 0 Å². The van der Waals surface area contributed by atoms with Crippen LogP contribution < -0.4 is 5.32 Å². The third kappa shape index (κ3) is 1.76. The summed E-state index contributed by atoms with van der Waals surface area (Å²) in [4.78, 5) is 11.1. The average Bonchev–Trinajstić information content (AvgIpc) is 2.61. The summed E-state index contributed by atoms with van der Waals surface area (Å²) in [5.74, 6) is 0.582. The van der Waals surface area contributed by atoms with Crippen LogP contribution in [0, 0.1) is 5.92 Å². The van der Waals surface area contributed by atoms with Crippen LogP contribution in [0.5, 0.6) is 0 Å². The van der Waals surface area contributed by atoms with E-state index in [2.05, 4.69) is 11.9 Å². The zero-order valence-corrected chi connectivity index (χ0v) is 8.37. The van der Waals surface area contributed by atoms with Gasteiger partial charge in [0.15, 0.2) is 0 Å². The molecule has 0 aromatic carbocycles.